The summed E-state index contributed by atoms with van der Waals surface area (Å²) in [6, 6.07) is 0. The van der Waals surface area contributed by atoms with Crippen molar-refractivity contribution >= 4 is 37.1 Å². The van der Waals surface area contributed by atoms with Crippen molar-refractivity contribution in [2.24, 2.45) is 4.99 Å². The van der Waals surface area contributed by atoms with E-state index < -0.39 is 59.1 Å². The van der Waals surface area contributed by atoms with Crippen molar-refractivity contribution in [3.8, 4) is 0 Å². The maximum Gasteiger partial charge on any atom is 0.457 e. The molecule has 0 aliphatic carbocycles. The molecule has 0 bridgehead atoms. The molecule has 1 fully saturated rings. The Morgan fingerprint density at radius 2 is 1.31 bits per heavy atom. The second kappa shape index (κ2) is 14.5. The van der Waals surface area contributed by atoms with Gasteiger partial charge in [-0.1, -0.05) is 12.8 Å². The number of nitrogens with zero attached hydrogens (tertiary/aromatic N) is 1. The van der Waals surface area contributed by atoms with Crippen LogP contribution in [-0.4, -0.2) is 78.2 Å². The summed E-state index contributed by atoms with van der Waals surface area (Å²) in [5, 5.41) is 7.47. The predicted octanol–water partition coefficient (Wildman–Crippen LogP) is 4.09. The minimum atomic E-state index is -1.59. The van der Waals surface area contributed by atoms with E-state index in [1.807, 2.05) is 27.7 Å². The van der Waals surface area contributed by atoms with Crippen molar-refractivity contribution in [2.45, 2.75) is 137 Å². The molecule has 3 N–H and O–H groups in total. The molecule has 0 aromatic carbocycles. The average molecular weight is 599 g/mol. The van der Waals surface area contributed by atoms with Crippen LogP contribution in [0.1, 0.15) is 102 Å². The molecule has 240 valence electrons. The molecule has 1 saturated heterocycles. The standard InChI is InChI=1S/C28H51BN4O9/c1-13-38-20(35)28(33-19(2)34,16-14-15-17-29-41-26(9,10)27(11,12)42-29)18-30-21(31-22(36)39-24(3,4)5)32-23(37)40-25(6,7)8/h13-18H2,1-12H3,(H,33,34)(H2,30,31,32,36,37). The lowest BCUT2D eigenvalue weighted by Gasteiger charge is -2.32. The number of unbranched alkanes of at least 4 members (excludes halogenated alkanes) is 1. The van der Waals surface area contributed by atoms with E-state index in [1.165, 1.54) is 6.92 Å². The molecule has 0 saturated carbocycles. The van der Waals surface area contributed by atoms with Crippen LogP contribution in [0.5, 0.6) is 0 Å². The van der Waals surface area contributed by atoms with Gasteiger partial charge in [0.05, 0.1) is 24.4 Å². The first-order valence-electron chi connectivity index (χ1n) is 14.4. The van der Waals surface area contributed by atoms with Crippen LogP contribution in [0.25, 0.3) is 0 Å². The first-order chi connectivity index (χ1) is 19.0. The summed E-state index contributed by atoms with van der Waals surface area (Å²) in [5.41, 5.74) is -4.17. The van der Waals surface area contributed by atoms with Crippen molar-refractivity contribution in [3.05, 3.63) is 0 Å². The number of guanidine groups is 1. The van der Waals surface area contributed by atoms with E-state index in [4.69, 9.17) is 23.5 Å². The van der Waals surface area contributed by atoms with Crippen LogP contribution < -0.4 is 16.0 Å². The fraction of sp³-hybridized carbons (Fsp3) is 0.821. The van der Waals surface area contributed by atoms with Gasteiger partial charge in [0.15, 0.2) is 5.54 Å². The van der Waals surface area contributed by atoms with E-state index in [-0.39, 0.29) is 25.5 Å². The van der Waals surface area contributed by atoms with Crippen LogP contribution in [0.4, 0.5) is 9.59 Å². The summed E-state index contributed by atoms with van der Waals surface area (Å²) in [7, 11) is -0.409. The minimum absolute atomic E-state index is 0.0664. The Labute approximate surface area is 250 Å². The van der Waals surface area contributed by atoms with Gasteiger partial charge in [0.1, 0.15) is 11.2 Å². The SMILES string of the molecule is CCOC(=O)C(CCCCB1OC(C)(C)C(C)(C)O1)(CN=C(NC(=O)OC(C)(C)C)NC(=O)OC(C)(C)C)NC(C)=O. The van der Waals surface area contributed by atoms with Crippen molar-refractivity contribution in [3.63, 3.8) is 0 Å². The molecular weight excluding hydrogens is 547 g/mol. The number of hydrogen-bond acceptors (Lipinski definition) is 10. The van der Waals surface area contributed by atoms with Crippen LogP contribution in [0.15, 0.2) is 4.99 Å². The normalized spacial score (nSPS) is 17.4. The van der Waals surface area contributed by atoms with Crippen molar-refractivity contribution in [2.75, 3.05) is 13.2 Å². The maximum absolute atomic E-state index is 13.3. The summed E-state index contributed by atoms with van der Waals surface area (Å²) < 4.78 is 28.0. The summed E-state index contributed by atoms with van der Waals surface area (Å²) in [4.78, 5) is 54.9. The van der Waals surface area contributed by atoms with Gasteiger partial charge in [0.2, 0.25) is 11.9 Å². The molecule has 1 atom stereocenters. The fourth-order valence-electron chi connectivity index (χ4n) is 3.95. The highest BCUT2D eigenvalue weighted by Gasteiger charge is 2.50. The van der Waals surface area contributed by atoms with Crippen LogP contribution in [0, 0.1) is 0 Å². The zero-order chi connectivity index (χ0) is 32.6. The summed E-state index contributed by atoms with van der Waals surface area (Å²) in [6.45, 7) is 20.6. The molecule has 42 heavy (non-hydrogen) atoms. The molecule has 0 spiro atoms. The third-order valence-electron chi connectivity index (χ3n) is 6.42. The lowest BCUT2D eigenvalue weighted by atomic mass is 9.80. The summed E-state index contributed by atoms with van der Waals surface area (Å²) >= 11 is 0. The Morgan fingerprint density at radius 3 is 1.71 bits per heavy atom. The number of nitrogens with one attached hydrogen (secondary N) is 3. The smallest absolute Gasteiger partial charge is 0.457 e. The Morgan fingerprint density at radius 1 is 0.833 bits per heavy atom. The largest absolute Gasteiger partial charge is 0.464 e. The Bertz CT molecular complexity index is 954. The van der Waals surface area contributed by atoms with Gasteiger partial charge in [-0.15, -0.1) is 0 Å². The van der Waals surface area contributed by atoms with Gasteiger partial charge in [-0.3, -0.25) is 15.4 Å². The van der Waals surface area contributed by atoms with E-state index in [0.717, 1.165) is 0 Å². The molecule has 0 aromatic heterocycles. The Kier molecular flexibility index (Phi) is 12.9. The topological polar surface area (TPSA) is 163 Å². The van der Waals surface area contributed by atoms with Gasteiger partial charge >= 0.3 is 25.3 Å². The average Bonchev–Trinajstić information content (AvgIpc) is 2.97. The van der Waals surface area contributed by atoms with Crippen molar-refractivity contribution < 1.29 is 42.7 Å². The highest BCUT2D eigenvalue weighted by atomic mass is 16.7. The maximum atomic E-state index is 13.3. The summed E-state index contributed by atoms with van der Waals surface area (Å²) in [6.07, 6.45) is 0.0383. The number of carbonyl (C=O) groups is 4. The Balaban J connectivity index is 3.22. The van der Waals surface area contributed by atoms with Gasteiger partial charge in [-0.2, -0.15) is 0 Å². The van der Waals surface area contributed by atoms with E-state index in [2.05, 4.69) is 20.9 Å². The number of aliphatic imine (C=N–C) groups is 1. The van der Waals surface area contributed by atoms with Gasteiger partial charge in [0, 0.05) is 6.92 Å². The third kappa shape index (κ3) is 12.6. The van der Waals surface area contributed by atoms with E-state index >= 15 is 0 Å². The quantitative estimate of drug-likeness (QED) is 0.0839. The summed E-state index contributed by atoms with van der Waals surface area (Å²) in [5.74, 6) is -1.51. The van der Waals surface area contributed by atoms with E-state index in [0.29, 0.717) is 19.2 Å². The third-order valence-corrected chi connectivity index (χ3v) is 6.42. The van der Waals surface area contributed by atoms with Gasteiger partial charge in [-0.05, 0) is 88.9 Å². The van der Waals surface area contributed by atoms with E-state index in [1.54, 1.807) is 48.5 Å². The molecule has 1 aliphatic rings. The van der Waals surface area contributed by atoms with Crippen molar-refractivity contribution in [1.82, 2.24) is 16.0 Å². The zero-order valence-corrected chi connectivity index (χ0v) is 27.4. The number of carbonyl (C=O) groups excluding carboxylic acids is 4. The van der Waals surface area contributed by atoms with Crippen LogP contribution in [0.2, 0.25) is 6.32 Å². The van der Waals surface area contributed by atoms with Crippen LogP contribution in [0.3, 0.4) is 0 Å². The van der Waals surface area contributed by atoms with E-state index in [9.17, 15) is 19.2 Å². The molecule has 1 heterocycles. The second-order valence-electron chi connectivity index (χ2n) is 13.3. The highest BCUT2D eigenvalue weighted by molar-refractivity contribution is 6.45. The van der Waals surface area contributed by atoms with Crippen LogP contribution >= 0.6 is 0 Å². The number of rotatable bonds is 10. The number of ether oxygens (including phenoxy) is 3. The molecule has 1 unspecified atom stereocenters. The Hall–Kier alpha value is -2.87. The number of alkyl carbamates (subject to hydrolysis) is 2. The monoisotopic (exact) mass is 598 g/mol. The fourth-order valence-corrected chi connectivity index (χ4v) is 3.95. The molecule has 0 radical (unpaired) electrons. The molecule has 14 heteroatoms. The lowest BCUT2D eigenvalue weighted by Crippen LogP contribution is -2.58. The van der Waals surface area contributed by atoms with Gasteiger partial charge in [0.25, 0.3) is 0 Å². The predicted molar refractivity (Wildman–Crippen MR) is 159 cm³/mol. The number of hydrogen-bond donors (Lipinski definition) is 3. The van der Waals surface area contributed by atoms with Gasteiger partial charge < -0.3 is 28.8 Å². The lowest BCUT2D eigenvalue weighted by molar-refractivity contribution is -0.153. The van der Waals surface area contributed by atoms with Crippen LogP contribution in [-0.2, 0) is 33.1 Å². The highest BCUT2D eigenvalue weighted by Crippen LogP contribution is 2.38. The molecule has 13 nitrogen and oxygen atoms in total. The molecule has 0 aromatic rings. The molecular formula is C28H51BN4O9. The first-order valence-corrected chi connectivity index (χ1v) is 14.4. The minimum Gasteiger partial charge on any atom is -0.464 e. The number of amides is 3. The zero-order valence-electron chi connectivity index (χ0n) is 27.4. The first kappa shape index (κ1) is 37.2. The molecule has 1 rings (SSSR count). The van der Waals surface area contributed by atoms with Crippen molar-refractivity contribution in [1.29, 1.82) is 0 Å². The molecule has 3 amide bonds. The molecule has 1 aliphatic heterocycles. The van der Waals surface area contributed by atoms with Gasteiger partial charge in [-0.25, -0.2) is 19.4 Å². The second-order valence-corrected chi connectivity index (χ2v) is 13.3. The number of esters is 1.